The van der Waals surface area contributed by atoms with Gasteiger partial charge >= 0.3 is 5.97 Å². The van der Waals surface area contributed by atoms with Crippen LogP contribution in [0.25, 0.3) is 0 Å². The second-order valence-electron chi connectivity index (χ2n) is 4.26. The average Bonchev–Trinajstić information content (AvgIpc) is 2.94. The third-order valence-electron chi connectivity index (χ3n) is 2.87. The van der Waals surface area contributed by atoms with Crippen molar-refractivity contribution >= 4 is 17.3 Å². The SMILES string of the molecule is Cc1[nH]c(CNC(C)c2cccs2)cc1C(=O)O. The maximum atomic E-state index is 10.9. The van der Waals surface area contributed by atoms with Crippen LogP contribution in [0.15, 0.2) is 23.6 Å². The first-order valence-corrected chi connectivity index (χ1v) is 6.64. The Labute approximate surface area is 110 Å². The fraction of sp³-hybridized carbons (Fsp3) is 0.308. The number of carboxylic acid groups (broad SMARTS) is 1. The third-order valence-corrected chi connectivity index (χ3v) is 3.92. The molecule has 18 heavy (non-hydrogen) atoms. The number of aromatic amines is 1. The van der Waals surface area contributed by atoms with E-state index in [4.69, 9.17) is 5.11 Å². The molecular formula is C13H16N2O2S. The van der Waals surface area contributed by atoms with Gasteiger partial charge < -0.3 is 15.4 Å². The molecule has 0 amide bonds. The highest BCUT2D eigenvalue weighted by molar-refractivity contribution is 7.10. The predicted octanol–water partition coefficient (Wildman–Crippen LogP) is 2.93. The number of hydrogen-bond acceptors (Lipinski definition) is 3. The molecule has 2 aromatic rings. The van der Waals surface area contributed by atoms with Gasteiger partial charge in [-0.1, -0.05) is 6.07 Å². The van der Waals surface area contributed by atoms with Gasteiger partial charge in [-0.25, -0.2) is 4.79 Å². The number of carbonyl (C=O) groups is 1. The van der Waals surface area contributed by atoms with E-state index < -0.39 is 5.97 Å². The predicted molar refractivity (Wildman–Crippen MR) is 72.1 cm³/mol. The lowest BCUT2D eigenvalue weighted by Crippen LogP contribution is -2.17. The molecule has 2 heterocycles. The van der Waals surface area contributed by atoms with Gasteiger partial charge in [-0.2, -0.15) is 0 Å². The summed E-state index contributed by atoms with van der Waals surface area (Å²) in [6, 6.07) is 6.07. The van der Waals surface area contributed by atoms with Crippen LogP contribution in [-0.2, 0) is 6.54 Å². The molecule has 0 spiro atoms. The second kappa shape index (κ2) is 5.37. The molecule has 0 aromatic carbocycles. The van der Waals surface area contributed by atoms with Gasteiger partial charge in [0.25, 0.3) is 0 Å². The number of aromatic carboxylic acids is 1. The normalized spacial score (nSPS) is 12.6. The van der Waals surface area contributed by atoms with Gasteiger partial charge in [0.1, 0.15) is 0 Å². The Bertz CT molecular complexity index is 531. The molecule has 2 aromatic heterocycles. The summed E-state index contributed by atoms with van der Waals surface area (Å²) in [5, 5.41) is 14.4. The van der Waals surface area contributed by atoms with Crippen molar-refractivity contribution in [1.29, 1.82) is 0 Å². The summed E-state index contributed by atoms with van der Waals surface area (Å²) in [5.41, 5.74) is 1.94. The fourth-order valence-corrected chi connectivity index (χ4v) is 2.60. The molecule has 0 aliphatic heterocycles. The molecule has 0 fully saturated rings. The van der Waals surface area contributed by atoms with Crippen molar-refractivity contribution in [2.24, 2.45) is 0 Å². The first kappa shape index (κ1) is 12.9. The lowest BCUT2D eigenvalue weighted by atomic mass is 10.2. The van der Waals surface area contributed by atoms with E-state index in [1.165, 1.54) is 4.88 Å². The van der Waals surface area contributed by atoms with Gasteiger partial charge in [-0.15, -0.1) is 11.3 Å². The lowest BCUT2D eigenvalue weighted by molar-refractivity contribution is 0.0696. The van der Waals surface area contributed by atoms with Crippen molar-refractivity contribution in [3.8, 4) is 0 Å². The summed E-state index contributed by atoms with van der Waals surface area (Å²) in [7, 11) is 0. The summed E-state index contributed by atoms with van der Waals surface area (Å²) < 4.78 is 0. The highest BCUT2D eigenvalue weighted by Crippen LogP contribution is 2.19. The minimum Gasteiger partial charge on any atom is -0.478 e. The summed E-state index contributed by atoms with van der Waals surface area (Å²) in [6.07, 6.45) is 0. The molecule has 0 saturated heterocycles. The maximum Gasteiger partial charge on any atom is 0.337 e. The van der Waals surface area contributed by atoms with Crippen LogP contribution in [0.3, 0.4) is 0 Å². The van der Waals surface area contributed by atoms with E-state index in [1.54, 1.807) is 24.3 Å². The highest BCUT2D eigenvalue weighted by Gasteiger charge is 2.12. The van der Waals surface area contributed by atoms with Crippen molar-refractivity contribution in [2.45, 2.75) is 26.4 Å². The van der Waals surface area contributed by atoms with Gasteiger partial charge in [-0.3, -0.25) is 0 Å². The van der Waals surface area contributed by atoms with Crippen LogP contribution < -0.4 is 5.32 Å². The van der Waals surface area contributed by atoms with Crippen molar-refractivity contribution in [3.05, 3.63) is 45.4 Å². The minimum absolute atomic E-state index is 0.266. The third kappa shape index (κ3) is 2.80. The van der Waals surface area contributed by atoms with Crippen LogP contribution in [0, 0.1) is 6.92 Å². The van der Waals surface area contributed by atoms with Gasteiger partial charge in [0.15, 0.2) is 0 Å². The molecule has 0 bridgehead atoms. The van der Waals surface area contributed by atoms with Crippen molar-refractivity contribution in [1.82, 2.24) is 10.3 Å². The molecule has 0 saturated carbocycles. The van der Waals surface area contributed by atoms with Crippen LogP contribution in [0.1, 0.15) is 39.6 Å². The van der Waals surface area contributed by atoms with E-state index in [2.05, 4.69) is 28.7 Å². The number of hydrogen-bond donors (Lipinski definition) is 3. The van der Waals surface area contributed by atoms with E-state index in [0.29, 0.717) is 17.8 Å². The highest BCUT2D eigenvalue weighted by atomic mass is 32.1. The molecule has 2 rings (SSSR count). The van der Waals surface area contributed by atoms with Crippen molar-refractivity contribution in [2.75, 3.05) is 0 Å². The summed E-state index contributed by atoms with van der Waals surface area (Å²) in [6.45, 7) is 4.50. The van der Waals surface area contributed by atoms with E-state index in [0.717, 1.165) is 5.69 Å². The van der Waals surface area contributed by atoms with Crippen LogP contribution in [0.2, 0.25) is 0 Å². The molecule has 1 atom stereocenters. The van der Waals surface area contributed by atoms with Gasteiger partial charge in [0.05, 0.1) is 5.56 Å². The minimum atomic E-state index is -0.888. The number of aromatic nitrogens is 1. The van der Waals surface area contributed by atoms with Gasteiger partial charge in [0, 0.05) is 28.9 Å². The molecule has 3 N–H and O–H groups in total. The molecule has 1 unspecified atom stereocenters. The average molecular weight is 264 g/mol. The summed E-state index contributed by atoms with van der Waals surface area (Å²) in [4.78, 5) is 15.3. The van der Waals surface area contributed by atoms with Crippen molar-refractivity contribution < 1.29 is 9.90 Å². The van der Waals surface area contributed by atoms with Crippen LogP contribution in [0.4, 0.5) is 0 Å². The topological polar surface area (TPSA) is 65.1 Å². The van der Waals surface area contributed by atoms with Crippen LogP contribution >= 0.6 is 11.3 Å². The Morgan fingerprint density at radius 3 is 2.94 bits per heavy atom. The fourth-order valence-electron chi connectivity index (χ4n) is 1.85. The maximum absolute atomic E-state index is 10.9. The van der Waals surface area contributed by atoms with E-state index in [9.17, 15) is 4.79 Å². The number of rotatable bonds is 5. The Hall–Kier alpha value is -1.59. The number of nitrogens with one attached hydrogen (secondary N) is 2. The standard InChI is InChI=1S/C13H16N2O2S/c1-8-11(13(16)17)6-10(15-8)7-14-9(2)12-4-3-5-18-12/h3-6,9,14-15H,7H2,1-2H3,(H,16,17). The van der Waals surface area contributed by atoms with Crippen LogP contribution in [-0.4, -0.2) is 16.1 Å². The molecular weight excluding hydrogens is 248 g/mol. The van der Waals surface area contributed by atoms with E-state index in [1.807, 2.05) is 6.07 Å². The monoisotopic (exact) mass is 264 g/mol. The summed E-state index contributed by atoms with van der Waals surface area (Å²) >= 11 is 1.71. The zero-order valence-electron chi connectivity index (χ0n) is 10.4. The number of aryl methyl sites for hydroxylation is 1. The molecule has 0 aliphatic rings. The quantitative estimate of drug-likeness (QED) is 0.778. The Morgan fingerprint density at radius 2 is 2.39 bits per heavy atom. The lowest BCUT2D eigenvalue weighted by Gasteiger charge is -2.10. The molecule has 96 valence electrons. The smallest absolute Gasteiger partial charge is 0.337 e. The summed E-state index contributed by atoms with van der Waals surface area (Å²) in [5.74, 6) is -0.888. The Balaban J connectivity index is 1.98. The van der Waals surface area contributed by atoms with E-state index in [-0.39, 0.29) is 6.04 Å². The number of H-pyrrole nitrogens is 1. The van der Waals surface area contributed by atoms with E-state index >= 15 is 0 Å². The van der Waals surface area contributed by atoms with Crippen molar-refractivity contribution in [3.63, 3.8) is 0 Å². The Morgan fingerprint density at radius 1 is 1.61 bits per heavy atom. The van der Waals surface area contributed by atoms with Crippen LogP contribution in [0.5, 0.6) is 0 Å². The number of carboxylic acids is 1. The molecule has 4 nitrogen and oxygen atoms in total. The molecule has 0 aliphatic carbocycles. The zero-order valence-corrected chi connectivity index (χ0v) is 11.2. The molecule has 5 heteroatoms. The molecule has 0 radical (unpaired) electrons. The first-order chi connectivity index (χ1) is 8.58. The van der Waals surface area contributed by atoms with Gasteiger partial charge in [-0.05, 0) is 31.4 Å². The first-order valence-electron chi connectivity index (χ1n) is 5.76. The second-order valence-corrected chi connectivity index (χ2v) is 5.24. The van der Waals surface area contributed by atoms with Gasteiger partial charge in [0.2, 0.25) is 0 Å². The number of thiophene rings is 1. The largest absolute Gasteiger partial charge is 0.478 e. The Kier molecular flexibility index (Phi) is 3.84. The zero-order chi connectivity index (χ0) is 13.1.